The number of nitrogens with two attached hydrogens (primary N) is 2. The van der Waals surface area contributed by atoms with Crippen LogP contribution in [0.3, 0.4) is 0 Å². The van der Waals surface area contributed by atoms with Gasteiger partial charge < -0.3 is 11.5 Å². The smallest absolute Gasteiger partial charge is 0.294 e. The zero-order valence-corrected chi connectivity index (χ0v) is 9.44. The molecule has 0 amide bonds. The van der Waals surface area contributed by atoms with Gasteiger partial charge in [-0.2, -0.15) is 16.8 Å². The Morgan fingerprint density at radius 2 is 1.69 bits per heavy atom. The molecule has 10 heteroatoms. The lowest BCUT2D eigenvalue weighted by atomic mass is 10.0. The van der Waals surface area contributed by atoms with Gasteiger partial charge in [0.1, 0.15) is 10.9 Å². The van der Waals surface area contributed by atoms with E-state index in [9.17, 15) is 16.8 Å². The van der Waals surface area contributed by atoms with Gasteiger partial charge in [0, 0.05) is 0 Å². The summed E-state index contributed by atoms with van der Waals surface area (Å²) in [6.07, 6.45) is 2.24. The Balaban J connectivity index is 3.29. The first-order valence-corrected chi connectivity index (χ1v) is 6.81. The van der Waals surface area contributed by atoms with Gasteiger partial charge in [0.2, 0.25) is 0 Å². The normalized spacial score (nSPS) is 25.2. The van der Waals surface area contributed by atoms with Gasteiger partial charge in [-0.15, -0.1) is 0 Å². The molecule has 92 valence electrons. The van der Waals surface area contributed by atoms with Crippen molar-refractivity contribution in [2.75, 3.05) is 0 Å². The highest BCUT2D eigenvalue weighted by Gasteiger charge is 2.40. The van der Waals surface area contributed by atoms with Crippen molar-refractivity contribution in [3.05, 3.63) is 23.1 Å². The van der Waals surface area contributed by atoms with E-state index in [2.05, 4.69) is 0 Å². The van der Waals surface area contributed by atoms with Crippen molar-refractivity contribution < 1.29 is 25.9 Å². The quantitative estimate of drug-likeness (QED) is 0.337. The van der Waals surface area contributed by atoms with E-state index in [4.69, 9.17) is 20.6 Å². The minimum atomic E-state index is -4.56. The standard InChI is InChI=1S/C6H10N2O6S2/c7-6(8)3-4(15(9,10)11)1-2-5(6)16(12,13)14/h1-3,5H,7-8H2,(H,9,10,11)(H,12,13,14). The second-order valence-corrected chi connectivity index (χ2v) is 6.28. The molecule has 0 aromatic carbocycles. The number of rotatable bonds is 2. The van der Waals surface area contributed by atoms with Crippen molar-refractivity contribution in [2.45, 2.75) is 10.9 Å². The average molecular weight is 270 g/mol. The van der Waals surface area contributed by atoms with Crippen molar-refractivity contribution in [3.63, 3.8) is 0 Å². The third-order valence-corrected chi connectivity index (χ3v) is 4.00. The molecule has 0 radical (unpaired) electrons. The molecule has 1 rings (SSSR count). The summed E-state index contributed by atoms with van der Waals surface area (Å²) < 4.78 is 60.7. The zero-order chi connectivity index (χ0) is 12.8. The molecule has 16 heavy (non-hydrogen) atoms. The molecule has 0 aromatic rings. The van der Waals surface area contributed by atoms with E-state index in [1.165, 1.54) is 0 Å². The molecule has 6 N–H and O–H groups in total. The summed E-state index contributed by atoms with van der Waals surface area (Å²) in [4.78, 5) is -0.627. The Morgan fingerprint density at radius 3 is 2.00 bits per heavy atom. The molecule has 0 bridgehead atoms. The summed E-state index contributed by atoms with van der Waals surface area (Å²) in [7, 11) is -9.09. The molecule has 0 fully saturated rings. The first-order valence-electron chi connectivity index (χ1n) is 3.87. The number of allylic oxidation sites excluding steroid dienone is 1. The van der Waals surface area contributed by atoms with Crippen molar-refractivity contribution >= 4 is 20.2 Å². The van der Waals surface area contributed by atoms with Gasteiger partial charge in [-0.05, 0) is 12.2 Å². The van der Waals surface area contributed by atoms with Crippen LogP contribution < -0.4 is 11.5 Å². The highest BCUT2D eigenvalue weighted by molar-refractivity contribution is 7.90. The first kappa shape index (κ1) is 13.3. The Morgan fingerprint density at radius 1 is 1.19 bits per heavy atom. The fourth-order valence-corrected chi connectivity index (χ4v) is 2.71. The summed E-state index contributed by atoms with van der Waals surface area (Å²) in [5.74, 6) is 0. The molecule has 8 nitrogen and oxygen atoms in total. The Labute approximate surface area is 92.1 Å². The summed E-state index contributed by atoms with van der Waals surface area (Å²) in [5.41, 5.74) is 8.54. The van der Waals surface area contributed by atoms with E-state index in [1.807, 2.05) is 0 Å². The average Bonchev–Trinajstić information content (AvgIpc) is 1.97. The first-order chi connectivity index (χ1) is 6.94. The molecule has 0 aliphatic heterocycles. The predicted molar refractivity (Wildman–Crippen MR) is 55.2 cm³/mol. The van der Waals surface area contributed by atoms with Crippen LogP contribution in [0.25, 0.3) is 0 Å². The molecule has 1 aliphatic carbocycles. The molecule has 0 heterocycles. The van der Waals surface area contributed by atoms with Crippen LogP contribution >= 0.6 is 0 Å². The van der Waals surface area contributed by atoms with Crippen LogP contribution in [0.4, 0.5) is 0 Å². The van der Waals surface area contributed by atoms with Crippen LogP contribution in [-0.4, -0.2) is 36.9 Å². The van der Waals surface area contributed by atoms with Gasteiger partial charge in [-0.1, -0.05) is 6.08 Å². The Kier molecular flexibility index (Phi) is 3.00. The zero-order valence-electron chi connectivity index (χ0n) is 7.81. The fourth-order valence-electron chi connectivity index (χ4n) is 1.24. The second kappa shape index (κ2) is 3.61. The van der Waals surface area contributed by atoms with E-state index in [0.717, 1.165) is 12.2 Å². The largest absolute Gasteiger partial charge is 0.309 e. The van der Waals surface area contributed by atoms with Crippen LogP contribution in [0.2, 0.25) is 0 Å². The molecule has 1 unspecified atom stereocenters. The highest BCUT2D eigenvalue weighted by atomic mass is 32.2. The minimum Gasteiger partial charge on any atom is -0.309 e. The molecule has 0 aromatic heterocycles. The minimum absolute atomic E-state index is 0.627. The van der Waals surface area contributed by atoms with E-state index in [0.29, 0.717) is 6.08 Å². The SMILES string of the molecule is NC1(N)C=C(S(=O)(=O)O)C=CC1S(=O)(=O)O. The topological polar surface area (TPSA) is 161 Å². The third kappa shape index (κ3) is 2.66. The molecular formula is C6H10N2O6S2. The lowest BCUT2D eigenvalue weighted by Crippen LogP contribution is -2.60. The molecule has 0 spiro atoms. The van der Waals surface area contributed by atoms with Gasteiger partial charge in [0.05, 0.1) is 4.91 Å². The maximum Gasteiger partial charge on any atom is 0.294 e. The van der Waals surface area contributed by atoms with Crippen LogP contribution in [-0.2, 0) is 20.2 Å². The molecular weight excluding hydrogens is 260 g/mol. The van der Waals surface area contributed by atoms with Gasteiger partial charge in [-0.25, -0.2) is 0 Å². The van der Waals surface area contributed by atoms with E-state index in [1.54, 1.807) is 0 Å². The van der Waals surface area contributed by atoms with Crippen LogP contribution in [0.5, 0.6) is 0 Å². The van der Waals surface area contributed by atoms with Gasteiger partial charge in [0.25, 0.3) is 20.2 Å². The lowest BCUT2D eigenvalue weighted by Gasteiger charge is -2.29. The third-order valence-electron chi connectivity index (χ3n) is 1.94. The van der Waals surface area contributed by atoms with Gasteiger partial charge in [0.15, 0.2) is 0 Å². The summed E-state index contributed by atoms with van der Waals surface area (Å²) in [6.45, 7) is 0. The van der Waals surface area contributed by atoms with Crippen molar-refractivity contribution in [1.82, 2.24) is 0 Å². The van der Waals surface area contributed by atoms with E-state index >= 15 is 0 Å². The predicted octanol–water partition coefficient (Wildman–Crippen LogP) is -1.80. The van der Waals surface area contributed by atoms with E-state index < -0.39 is 36.1 Å². The lowest BCUT2D eigenvalue weighted by molar-refractivity contribution is 0.441. The maximum atomic E-state index is 10.9. The fraction of sp³-hybridized carbons (Fsp3) is 0.333. The summed E-state index contributed by atoms with van der Waals surface area (Å²) in [5, 5.41) is -1.68. The number of hydrogen-bond acceptors (Lipinski definition) is 6. The summed E-state index contributed by atoms with van der Waals surface area (Å²) in [6, 6.07) is 0. The Bertz CT molecular complexity index is 556. The van der Waals surface area contributed by atoms with Crippen LogP contribution in [0, 0.1) is 0 Å². The van der Waals surface area contributed by atoms with Crippen LogP contribution in [0.1, 0.15) is 0 Å². The molecule has 0 saturated heterocycles. The van der Waals surface area contributed by atoms with Gasteiger partial charge >= 0.3 is 0 Å². The van der Waals surface area contributed by atoms with Crippen molar-refractivity contribution in [2.24, 2.45) is 11.5 Å². The van der Waals surface area contributed by atoms with Crippen molar-refractivity contribution in [3.8, 4) is 0 Å². The van der Waals surface area contributed by atoms with E-state index in [-0.39, 0.29) is 0 Å². The van der Waals surface area contributed by atoms with Crippen LogP contribution in [0.15, 0.2) is 23.1 Å². The van der Waals surface area contributed by atoms with Gasteiger partial charge in [-0.3, -0.25) is 9.11 Å². The Hall–Kier alpha value is -0.780. The molecule has 1 atom stereocenters. The number of hydrogen-bond donors (Lipinski definition) is 4. The maximum absolute atomic E-state index is 10.9. The summed E-state index contributed by atoms with van der Waals surface area (Å²) >= 11 is 0. The highest BCUT2D eigenvalue weighted by Crippen LogP contribution is 2.23. The monoisotopic (exact) mass is 270 g/mol. The molecule has 0 saturated carbocycles. The molecule has 1 aliphatic rings. The second-order valence-electron chi connectivity index (χ2n) is 3.32. The van der Waals surface area contributed by atoms with Crippen molar-refractivity contribution in [1.29, 1.82) is 0 Å².